The van der Waals surface area contributed by atoms with E-state index < -0.39 is 8.32 Å². The third kappa shape index (κ3) is 8.88. The topological polar surface area (TPSA) is 36.9 Å². The molecule has 0 aromatic heterocycles. The Hall–Kier alpha value is -3.29. The third-order valence-corrected chi connectivity index (χ3v) is 13.3. The Morgan fingerprint density at radius 1 is 0.705 bits per heavy atom. The van der Waals surface area contributed by atoms with Gasteiger partial charge in [-0.15, -0.1) is 0 Å². The van der Waals surface area contributed by atoms with Crippen molar-refractivity contribution in [2.75, 3.05) is 13.2 Å². The van der Waals surface area contributed by atoms with E-state index in [1.807, 2.05) is 48.5 Å². The molecule has 0 spiro atoms. The van der Waals surface area contributed by atoms with Crippen molar-refractivity contribution in [3.8, 4) is 5.75 Å². The predicted molar refractivity (Wildman–Crippen MR) is 187 cm³/mol. The number of hydrogen-bond donors (Lipinski definition) is 0. The highest BCUT2D eigenvalue weighted by Gasteiger charge is 2.50. The minimum Gasteiger partial charge on any atom is -0.453 e. The van der Waals surface area contributed by atoms with E-state index in [-0.39, 0.29) is 28.2 Å². The van der Waals surface area contributed by atoms with Gasteiger partial charge in [-0.2, -0.15) is 0 Å². The van der Waals surface area contributed by atoms with Gasteiger partial charge in [0, 0.05) is 24.7 Å². The molecule has 0 bridgehead atoms. The summed E-state index contributed by atoms with van der Waals surface area (Å²) in [5.41, 5.74) is 1.15. The molecule has 4 rings (SSSR count). The van der Waals surface area contributed by atoms with Crippen LogP contribution in [0.2, 0.25) is 5.04 Å². The fourth-order valence-electron chi connectivity index (χ4n) is 5.87. The average Bonchev–Trinajstić information content (AvgIpc) is 3.03. The monoisotopic (exact) mass is 626 g/mol. The second-order valence-corrected chi connectivity index (χ2v) is 17.1. The Morgan fingerprint density at radius 2 is 1.20 bits per heavy atom. The molecule has 4 aromatic rings. The molecule has 0 aliphatic carbocycles. The lowest BCUT2D eigenvalue weighted by Gasteiger charge is -2.43. The molecular formula is C38H46O4SSi. The van der Waals surface area contributed by atoms with E-state index >= 15 is 0 Å². The Morgan fingerprint density at radius 3 is 1.73 bits per heavy atom. The summed E-state index contributed by atoms with van der Waals surface area (Å²) in [6.07, 6.45) is 0.580. The molecule has 0 saturated heterocycles. The SMILES string of the molecule is C[C@H](COCc1ccccc1)[C@@H](OC(=S)Oc1ccccc1)[C@@H](C)CCO[Si](c1ccccc1)(c1ccccc1)C(C)(C)C. The second kappa shape index (κ2) is 16.1. The third-order valence-electron chi connectivity index (χ3n) is 8.10. The van der Waals surface area contributed by atoms with Crippen LogP contribution in [0.3, 0.4) is 0 Å². The zero-order valence-corrected chi connectivity index (χ0v) is 28.5. The van der Waals surface area contributed by atoms with E-state index in [2.05, 4.69) is 107 Å². The minimum absolute atomic E-state index is 0.0684. The molecule has 3 atom stereocenters. The van der Waals surface area contributed by atoms with E-state index in [4.69, 9.17) is 30.9 Å². The van der Waals surface area contributed by atoms with Gasteiger partial charge < -0.3 is 18.6 Å². The van der Waals surface area contributed by atoms with Crippen LogP contribution in [-0.4, -0.2) is 32.9 Å². The molecule has 6 heteroatoms. The van der Waals surface area contributed by atoms with Crippen LogP contribution in [0, 0.1) is 11.8 Å². The van der Waals surface area contributed by atoms with Gasteiger partial charge in [0.15, 0.2) is 0 Å². The molecule has 0 amide bonds. The highest BCUT2D eigenvalue weighted by atomic mass is 32.1. The zero-order valence-electron chi connectivity index (χ0n) is 26.6. The van der Waals surface area contributed by atoms with Crippen molar-refractivity contribution in [1.29, 1.82) is 0 Å². The maximum absolute atomic E-state index is 7.19. The van der Waals surface area contributed by atoms with Gasteiger partial charge in [-0.1, -0.05) is 144 Å². The van der Waals surface area contributed by atoms with Crippen LogP contribution in [0.25, 0.3) is 0 Å². The normalized spacial score (nSPS) is 13.9. The molecule has 0 aliphatic rings. The van der Waals surface area contributed by atoms with Gasteiger partial charge in [-0.3, -0.25) is 0 Å². The first-order chi connectivity index (χ1) is 21.2. The first kappa shape index (κ1) is 33.6. The molecule has 0 N–H and O–H groups in total. The number of para-hydroxylation sites is 1. The Bertz CT molecular complexity index is 1360. The summed E-state index contributed by atoms with van der Waals surface area (Å²) in [6, 6.07) is 41.3. The molecule has 0 fully saturated rings. The van der Waals surface area contributed by atoms with Crippen molar-refractivity contribution in [3.63, 3.8) is 0 Å². The summed E-state index contributed by atoms with van der Waals surface area (Å²) in [7, 11) is -2.64. The Kier molecular flexibility index (Phi) is 12.3. The van der Waals surface area contributed by atoms with Crippen molar-refractivity contribution in [2.24, 2.45) is 11.8 Å². The van der Waals surface area contributed by atoms with Gasteiger partial charge in [0.25, 0.3) is 8.32 Å². The van der Waals surface area contributed by atoms with Crippen molar-refractivity contribution in [3.05, 3.63) is 127 Å². The maximum atomic E-state index is 7.19. The van der Waals surface area contributed by atoms with Gasteiger partial charge in [0.05, 0.1) is 13.2 Å². The van der Waals surface area contributed by atoms with Crippen molar-refractivity contribution in [1.82, 2.24) is 0 Å². The lowest BCUT2D eigenvalue weighted by molar-refractivity contribution is -0.000624. The van der Waals surface area contributed by atoms with Crippen molar-refractivity contribution >= 4 is 36.1 Å². The smallest absolute Gasteiger partial charge is 0.358 e. The van der Waals surface area contributed by atoms with Crippen molar-refractivity contribution in [2.45, 2.75) is 58.8 Å². The molecule has 4 nitrogen and oxygen atoms in total. The molecule has 0 aliphatic heterocycles. The van der Waals surface area contributed by atoms with E-state index in [0.29, 0.717) is 25.6 Å². The van der Waals surface area contributed by atoms with Gasteiger partial charge >= 0.3 is 5.24 Å². The first-order valence-corrected chi connectivity index (χ1v) is 17.8. The summed E-state index contributed by atoms with van der Waals surface area (Å²) < 4.78 is 25.6. The standard InChI is InChI=1S/C38H46O4SSi/c1-30(26-27-40-44(38(3,4)5,34-22-14-8-15-23-34)35-24-16-9-17-25-35)36(42-37(43)41-33-20-12-7-13-21-33)31(2)28-39-29-32-18-10-6-11-19-32/h6-25,30-31,36H,26-29H2,1-5H3/t30-,31+,36-/m0/s1. The number of hydrogen-bond acceptors (Lipinski definition) is 5. The minimum atomic E-state index is -2.64. The molecule has 0 saturated carbocycles. The van der Waals surface area contributed by atoms with Gasteiger partial charge in [0.1, 0.15) is 11.9 Å². The van der Waals surface area contributed by atoms with Crippen molar-refractivity contribution < 1.29 is 18.6 Å². The van der Waals surface area contributed by atoms with Gasteiger partial charge in [0.2, 0.25) is 0 Å². The van der Waals surface area contributed by atoms with Crippen LogP contribution in [0.5, 0.6) is 5.75 Å². The first-order valence-electron chi connectivity index (χ1n) is 15.5. The quantitative estimate of drug-likeness (QED) is 0.104. The number of thiocarbonyl (C=S) groups is 1. The predicted octanol–water partition coefficient (Wildman–Crippen LogP) is 8.19. The summed E-state index contributed by atoms with van der Waals surface area (Å²) in [6.45, 7) is 13.0. The zero-order chi connectivity index (χ0) is 31.4. The lowest BCUT2D eigenvalue weighted by Crippen LogP contribution is -2.66. The van der Waals surface area contributed by atoms with Crippen LogP contribution >= 0.6 is 12.2 Å². The molecule has 0 heterocycles. The summed E-state index contributed by atoms with van der Waals surface area (Å²) in [5.74, 6) is 0.853. The van der Waals surface area contributed by atoms with Crippen LogP contribution in [0.1, 0.15) is 46.6 Å². The van der Waals surface area contributed by atoms with Crippen LogP contribution < -0.4 is 15.1 Å². The van der Waals surface area contributed by atoms with E-state index in [1.165, 1.54) is 10.4 Å². The van der Waals surface area contributed by atoms with Crippen LogP contribution in [0.4, 0.5) is 0 Å². The van der Waals surface area contributed by atoms with Gasteiger partial charge in [-0.25, -0.2) is 0 Å². The average molecular weight is 627 g/mol. The summed E-state index contributed by atoms with van der Waals surface area (Å²) in [5, 5.41) is 2.59. The maximum Gasteiger partial charge on any atom is 0.358 e. The van der Waals surface area contributed by atoms with E-state index in [0.717, 1.165) is 12.0 Å². The highest BCUT2D eigenvalue weighted by Crippen LogP contribution is 2.37. The number of ether oxygens (including phenoxy) is 3. The van der Waals surface area contributed by atoms with Crippen LogP contribution in [-0.2, 0) is 20.5 Å². The fourth-order valence-corrected chi connectivity index (χ4v) is 10.7. The molecular weight excluding hydrogens is 581 g/mol. The van der Waals surface area contributed by atoms with Gasteiger partial charge in [-0.05, 0) is 45.4 Å². The molecule has 0 radical (unpaired) electrons. The summed E-state index contributed by atoms with van der Waals surface area (Å²) in [4.78, 5) is 0. The molecule has 4 aromatic carbocycles. The fraction of sp³-hybridized carbons (Fsp3) is 0.342. The van der Waals surface area contributed by atoms with Crippen LogP contribution in [0.15, 0.2) is 121 Å². The molecule has 0 unspecified atom stereocenters. The lowest BCUT2D eigenvalue weighted by atomic mass is 9.91. The molecule has 232 valence electrons. The Labute approximate surface area is 270 Å². The Balaban J connectivity index is 1.50. The summed E-state index contributed by atoms with van der Waals surface area (Å²) >= 11 is 5.58. The second-order valence-electron chi connectivity index (χ2n) is 12.5. The highest BCUT2D eigenvalue weighted by molar-refractivity contribution is 7.79. The number of benzene rings is 4. The van der Waals surface area contributed by atoms with E-state index in [9.17, 15) is 0 Å². The largest absolute Gasteiger partial charge is 0.453 e. The number of rotatable bonds is 14. The van der Waals surface area contributed by atoms with E-state index in [1.54, 1.807) is 0 Å². The molecule has 44 heavy (non-hydrogen) atoms.